The normalized spacial score (nSPS) is 23.2. The molecule has 4 atom stereocenters. The van der Waals surface area contributed by atoms with Crippen molar-refractivity contribution in [3.8, 4) is 11.1 Å². The van der Waals surface area contributed by atoms with E-state index in [4.69, 9.17) is 10.5 Å². The number of esters is 1. The maximum absolute atomic E-state index is 13.9. The minimum absolute atomic E-state index is 0.0107. The fraction of sp³-hybridized carbons (Fsp3) is 0.462. The Morgan fingerprint density at radius 3 is 2.20 bits per heavy atom. The second-order valence-corrected chi connectivity index (χ2v) is 13.8. The van der Waals surface area contributed by atoms with Crippen molar-refractivity contribution in [2.45, 2.75) is 88.3 Å². The number of fused-ring (bicyclic) bond motifs is 4. The average molecular weight is 620 g/mol. The standard InChI is InChI=1S/C39H45N3O4/c40-37(27-12-2-1-3-13-27)39(45)42-23-25(21-35(42)38(44)41-34-20-10-14-26-11-4-5-15-28(26)34)22-36(43)46-24-33-31-18-8-6-16-29(31)30-17-7-9-19-32(30)33/h4-9,11,15-19,25,27,33-35,37H,1-3,10,12-14,20-24,40H2,(H,41,44)/t25-,34-,35+,37+/m1/s1. The maximum atomic E-state index is 13.9. The van der Waals surface area contributed by atoms with Crippen molar-refractivity contribution in [1.29, 1.82) is 0 Å². The van der Waals surface area contributed by atoms with Gasteiger partial charge in [-0.25, -0.2) is 0 Å². The number of nitrogens with one attached hydrogen (secondary N) is 1. The minimum atomic E-state index is -0.650. The number of nitrogens with two attached hydrogens (primary N) is 1. The number of hydrogen-bond donors (Lipinski definition) is 2. The van der Waals surface area contributed by atoms with Gasteiger partial charge in [0, 0.05) is 12.5 Å². The highest BCUT2D eigenvalue weighted by Gasteiger charge is 2.44. The fourth-order valence-electron chi connectivity index (χ4n) is 8.53. The second kappa shape index (κ2) is 13.4. The summed E-state index contributed by atoms with van der Waals surface area (Å²) in [5.41, 5.74) is 13.8. The van der Waals surface area contributed by atoms with Gasteiger partial charge in [0.15, 0.2) is 0 Å². The van der Waals surface area contributed by atoms with Crippen LogP contribution >= 0.6 is 0 Å². The first-order valence-corrected chi connectivity index (χ1v) is 17.3. The monoisotopic (exact) mass is 619 g/mol. The third kappa shape index (κ3) is 6.09. The molecule has 3 N–H and O–H groups in total. The number of carbonyl (C=O) groups is 3. The summed E-state index contributed by atoms with van der Waals surface area (Å²) in [6.07, 6.45) is 8.70. The summed E-state index contributed by atoms with van der Waals surface area (Å²) < 4.78 is 5.93. The molecule has 240 valence electrons. The Balaban J connectivity index is 1.04. The third-order valence-corrected chi connectivity index (χ3v) is 10.9. The topological polar surface area (TPSA) is 102 Å². The van der Waals surface area contributed by atoms with E-state index in [1.807, 2.05) is 36.4 Å². The molecule has 0 radical (unpaired) electrons. The van der Waals surface area contributed by atoms with Crippen molar-refractivity contribution in [3.63, 3.8) is 0 Å². The third-order valence-electron chi connectivity index (χ3n) is 10.9. The van der Waals surface area contributed by atoms with Crippen LogP contribution in [0.4, 0.5) is 0 Å². The minimum Gasteiger partial charge on any atom is -0.465 e. The van der Waals surface area contributed by atoms with Crippen LogP contribution in [0.2, 0.25) is 0 Å². The van der Waals surface area contributed by atoms with E-state index in [0.717, 1.165) is 50.5 Å². The van der Waals surface area contributed by atoms with Crippen molar-refractivity contribution in [1.82, 2.24) is 10.2 Å². The van der Waals surface area contributed by atoms with Crippen molar-refractivity contribution in [3.05, 3.63) is 95.1 Å². The van der Waals surface area contributed by atoms with Crippen LogP contribution in [-0.4, -0.2) is 47.9 Å². The zero-order chi connectivity index (χ0) is 31.6. The van der Waals surface area contributed by atoms with E-state index in [2.05, 4.69) is 41.7 Å². The Labute approximate surface area is 271 Å². The van der Waals surface area contributed by atoms with Crippen LogP contribution in [0.3, 0.4) is 0 Å². The largest absolute Gasteiger partial charge is 0.465 e. The quantitative estimate of drug-likeness (QED) is 0.299. The van der Waals surface area contributed by atoms with Gasteiger partial charge in [-0.3, -0.25) is 14.4 Å². The number of likely N-dealkylation sites (tertiary alicyclic amines) is 1. The fourth-order valence-corrected chi connectivity index (χ4v) is 8.53. The van der Waals surface area contributed by atoms with Crippen LogP contribution < -0.4 is 11.1 Å². The lowest BCUT2D eigenvalue weighted by atomic mass is 9.83. The van der Waals surface area contributed by atoms with Gasteiger partial charge in [0.2, 0.25) is 11.8 Å². The van der Waals surface area contributed by atoms with Crippen molar-refractivity contribution in [2.75, 3.05) is 13.2 Å². The number of ether oxygens (including phenoxy) is 1. The number of benzene rings is 3. The molecule has 2 fully saturated rings. The molecule has 7 rings (SSSR count). The van der Waals surface area contributed by atoms with E-state index in [0.29, 0.717) is 13.0 Å². The molecule has 3 aromatic rings. The highest BCUT2D eigenvalue weighted by molar-refractivity contribution is 5.91. The van der Waals surface area contributed by atoms with E-state index in [-0.39, 0.29) is 54.6 Å². The van der Waals surface area contributed by atoms with Gasteiger partial charge in [0.1, 0.15) is 12.6 Å². The van der Waals surface area contributed by atoms with Crippen LogP contribution in [0.5, 0.6) is 0 Å². The molecule has 1 aliphatic heterocycles. The van der Waals surface area contributed by atoms with Gasteiger partial charge in [-0.05, 0) is 83.7 Å². The molecule has 7 heteroatoms. The number of amides is 2. The average Bonchev–Trinajstić information content (AvgIpc) is 3.66. The summed E-state index contributed by atoms with van der Waals surface area (Å²) in [7, 11) is 0. The zero-order valence-corrected chi connectivity index (χ0v) is 26.5. The van der Waals surface area contributed by atoms with E-state index in [9.17, 15) is 14.4 Å². The zero-order valence-electron chi connectivity index (χ0n) is 26.5. The molecule has 7 nitrogen and oxygen atoms in total. The molecule has 46 heavy (non-hydrogen) atoms. The van der Waals surface area contributed by atoms with Crippen molar-refractivity contribution >= 4 is 17.8 Å². The lowest BCUT2D eigenvalue weighted by Gasteiger charge is -2.33. The molecule has 0 unspecified atom stereocenters. The predicted molar refractivity (Wildman–Crippen MR) is 178 cm³/mol. The van der Waals surface area contributed by atoms with Crippen molar-refractivity contribution in [2.24, 2.45) is 17.6 Å². The summed E-state index contributed by atoms with van der Waals surface area (Å²) in [6, 6.07) is 23.5. The van der Waals surface area contributed by atoms with Crippen molar-refractivity contribution < 1.29 is 19.1 Å². The predicted octanol–water partition coefficient (Wildman–Crippen LogP) is 6.05. The van der Waals surface area contributed by atoms with Crippen LogP contribution in [0, 0.1) is 11.8 Å². The Bertz CT molecular complexity index is 1550. The molecule has 1 saturated heterocycles. The molecule has 1 heterocycles. The summed E-state index contributed by atoms with van der Waals surface area (Å²) in [5, 5.41) is 3.29. The lowest BCUT2D eigenvalue weighted by molar-refractivity contribution is -0.145. The highest BCUT2D eigenvalue weighted by atomic mass is 16.5. The molecule has 1 saturated carbocycles. The van der Waals surface area contributed by atoms with E-state index in [1.165, 1.54) is 34.2 Å². The Kier molecular flexibility index (Phi) is 8.94. The number of carbonyl (C=O) groups excluding carboxylic acids is 3. The molecular weight excluding hydrogens is 574 g/mol. The lowest BCUT2D eigenvalue weighted by Crippen LogP contribution is -2.54. The van der Waals surface area contributed by atoms with E-state index in [1.54, 1.807) is 4.90 Å². The van der Waals surface area contributed by atoms with Crippen LogP contribution in [-0.2, 0) is 25.5 Å². The Hall–Kier alpha value is -3.97. The Morgan fingerprint density at radius 1 is 0.826 bits per heavy atom. The molecule has 3 aliphatic carbocycles. The summed E-state index contributed by atoms with van der Waals surface area (Å²) in [6.45, 7) is 0.600. The van der Waals surface area contributed by atoms with E-state index >= 15 is 0 Å². The number of aryl methyl sites for hydroxylation is 1. The van der Waals surface area contributed by atoms with Gasteiger partial charge in [-0.1, -0.05) is 92.1 Å². The molecular formula is C39H45N3O4. The molecule has 0 aromatic heterocycles. The summed E-state index contributed by atoms with van der Waals surface area (Å²) in [4.78, 5) is 42.9. The number of nitrogens with zero attached hydrogens (tertiary/aromatic N) is 1. The van der Waals surface area contributed by atoms with Crippen LogP contribution in [0.25, 0.3) is 11.1 Å². The summed E-state index contributed by atoms with van der Waals surface area (Å²) in [5.74, 6) is -0.655. The highest BCUT2D eigenvalue weighted by Crippen LogP contribution is 2.44. The number of rotatable bonds is 8. The van der Waals surface area contributed by atoms with Gasteiger partial charge in [0.25, 0.3) is 0 Å². The van der Waals surface area contributed by atoms with Gasteiger partial charge < -0.3 is 20.7 Å². The van der Waals surface area contributed by atoms with E-state index < -0.39 is 12.1 Å². The van der Waals surface area contributed by atoms with Crippen LogP contribution in [0.15, 0.2) is 72.8 Å². The molecule has 3 aromatic carbocycles. The summed E-state index contributed by atoms with van der Waals surface area (Å²) >= 11 is 0. The Morgan fingerprint density at radius 2 is 1.48 bits per heavy atom. The smallest absolute Gasteiger partial charge is 0.306 e. The maximum Gasteiger partial charge on any atom is 0.306 e. The molecule has 2 amide bonds. The SMILES string of the molecule is N[C@H](C(=O)N1C[C@@H](CC(=O)OCC2c3ccccc3-c3ccccc32)C[C@H]1C(=O)N[C@@H]1CCCc2ccccc21)C1CCCCC1. The molecule has 0 bridgehead atoms. The molecule has 0 spiro atoms. The van der Waals surface area contributed by atoms with Gasteiger partial charge in [-0.15, -0.1) is 0 Å². The van der Waals surface area contributed by atoms with Gasteiger partial charge >= 0.3 is 5.97 Å². The van der Waals surface area contributed by atoms with Crippen LogP contribution in [0.1, 0.15) is 92.0 Å². The number of hydrogen-bond acceptors (Lipinski definition) is 5. The first-order chi connectivity index (χ1) is 22.5. The van der Waals surface area contributed by atoms with Gasteiger partial charge in [-0.2, -0.15) is 0 Å². The first kappa shape index (κ1) is 30.7. The van der Waals surface area contributed by atoms with Gasteiger partial charge in [0.05, 0.1) is 18.5 Å². The molecule has 4 aliphatic rings. The second-order valence-electron chi connectivity index (χ2n) is 13.8. The first-order valence-electron chi connectivity index (χ1n) is 17.3.